The third-order valence-electron chi connectivity index (χ3n) is 3.72. The zero-order valence-electron chi connectivity index (χ0n) is 12.3. The van der Waals surface area contributed by atoms with Gasteiger partial charge in [0.05, 0.1) is 23.5 Å². The Bertz CT molecular complexity index is 396. The van der Waals surface area contributed by atoms with Crippen LogP contribution in [0.2, 0.25) is 0 Å². The summed E-state index contributed by atoms with van der Waals surface area (Å²) in [6.07, 6.45) is 6.18. The Labute approximate surface area is 115 Å². The first kappa shape index (κ1) is 14.5. The number of rotatable bonds is 4. The van der Waals surface area contributed by atoms with E-state index in [2.05, 4.69) is 36.4 Å². The van der Waals surface area contributed by atoms with Crippen molar-refractivity contribution in [2.75, 3.05) is 6.54 Å². The fourth-order valence-corrected chi connectivity index (χ4v) is 2.56. The number of nitrogens with one attached hydrogen (secondary N) is 1. The standard InChI is InChI=1S/C14H26N4O/c1-14(2,3)18-10-12(16-17-18)9-15-8-11-5-4-6-13(19)7-11/h10-11,13,15,19H,4-9H2,1-3H3. The molecule has 0 saturated heterocycles. The molecule has 1 aromatic heterocycles. The van der Waals surface area contributed by atoms with Gasteiger partial charge < -0.3 is 10.4 Å². The fourth-order valence-electron chi connectivity index (χ4n) is 2.56. The van der Waals surface area contributed by atoms with Gasteiger partial charge in [0.15, 0.2) is 0 Å². The van der Waals surface area contributed by atoms with Crippen molar-refractivity contribution < 1.29 is 5.11 Å². The van der Waals surface area contributed by atoms with E-state index >= 15 is 0 Å². The summed E-state index contributed by atoms with van der Waals surface area (Å²) in [4.78, 5) is 0. The van der Waals surface area contributed by atoms with Gasteiger partial charge in [0.1, 0.15) is 0 Å². The summed E-state index contributed by atoms with van der Waals surface area (Å²) in [5, 5.41) is 21.4. The Morgan fingerprint density at radius 2 is 2.21 bits per heavy atom. The van der Waals surface area contributed by atoms with Crippen LogP contribution < -0.4 is 5.32 Å². The van der Waals surface area contributed by atoms with Gasteiger partial charge in [-0.3, -0.25) is 0 Å². The topological polar surface area (TPSA) is 63.0 Å². The Morgan fingerprint density at radius 1 is 1.42 bits per heavy atom. The predicted octanol–water partition coefficient (Wildman–Crippen LogP) is 1.67. The van der Waals surface area contributed by atoms with Crippen LogP contribution in [0.15, 0.2) is 6.20 Å². The lowest BCUT2D eigenvalue weighted by molar-refractivity contribution is 0.101. The van der Waals surface area contributed by atoms with Crippen molar-refractivity contribution in [2.24, 2.45) is 5.92 Å². The second-order valence-electron chi connectivity index (χ2n) is 6.64. The number of hydrogen-bond donors (Lipinski definition) is 2. The molecule has 1 aliphatic carbocycles. The van der Waals surface area contributed by atoms with E-state index in [1.807, 2.05) is 10.9 Å². The summed E-state index contributed by atoms with van der Waals surface area (Å²) in [5.41, 5.74) is 0.963. The van der Waals surface area contributed by atoms with Gasteiger partial charge in [-0.1, -0.05) is 11.6 Å². The SMILES string of the molecule is CC(C)(C)n1cc(CNCC2CCCC(O)C2)nn1. The maximum atomic E-state index is 9.64. The number of hydrogen-bond acceptors (Lipinski definition) is 4. The number of aromatic nitrogens is 3. The van der Waals surface area contributed by atoms with E-state index in [1.54, 1.807) is 0 Å². The van der Waals surface area contributed by atoms with Crippen molar-refractivity contribution in [2.45, 2.75) is 64.6 Å². The number of aliphatic hydroxyl groups excluding tert-OH is 1. The van der Waals surface area contributed by atoms with Gasteiger partial charge in [0.2, 0.25) is 0 Å². The minimum absolute atomic E-state index is 0.0151. The molecule has 0 spiro atoms. The first-order valence-corrected chi connectivity index (χ1v) is 7.25. The maximum Gasteiger partial charge on any atom is 0.0965 e. The van der Waals surface area contributed by atoms with Gasteiger partial charge in [-0.05, 0) is 52.5 Å². The molecule has 0 aromatic carbocycles. The average molecular weight is 266 g/mol. The first-order valence-electron chi connectivity index (χ1n) is 7.25. The molecule has 108 valence electrons. The molecule has 1 fully saturated rings. The van der Waals surface area contributed by atoms with Crippen molar-refractivity contribution in [1.29, 1.82) is 0 Å². The second-order valence-corrected chi connectivity index (χ2v) is 6.64. The van der Waals surface area contributed by atoms with Crippen LogP contribution in [0, 0.1) is 5.92 Å². The lowest BCUT2D eigenvalue weighted by atomic mass is 9.87. The number of nitrogens with zero attached hydrogens (tertiary/aromatic N) is 3. The van der Waals surface area contributed by atoms with Gasteiger partial charge in [-0.25, -0.2) is 4.68 Å². The molecule has 5 heteroatoms. The summed E-state index contributed by atoms with van der Waals surface area (Å²) in [7, 11) is 0. The molecule has 0 aliphatic heterocycles. The summed E-state index contributed by atoms with van der Waals surface area (Å²) in [6, 6.07) is 0. The van der Waals surface area contributed by atoms with Crippen LogP contribution in [0.1, 0.15) is 52.1 Å². The Hall–Kier alpha value is -0.940. The minimum Gasteiger partial charge on any atom is -0.393 e. The molecule has 1 aromatic rings. The van der Waals surface area contributed by atoms with Crippen molar-refractivity contribution in [3.63, 3.8) is 0 Å². The van der Waals surface area contributed by atoms with E-state index < -0.39 is 0 Å². The highest BCUT2D eigenvalue weighted by molar-refractivity contribution is 4.94. The van der Waals surface area contributed by atoms with Gasteiger partial charge in [-0.2, -0.15) is 0 Å². The van der Waals surface area contributed by atoms with Crippen LogP contribution in [0.4, 0.5) is 0 Å². The Kier molecular flexibility index (Phi) is 4.58. The molecular weight excluding hydrogens is 240 g/mol. The highest BCUT2D eigenvalue weighted by atomic mass is 16.3. The van der Waals surface area contributed by atoms with Crippen molar-refractivity contribution >= 4 is 0 Å². The summed E-state index contributed by atoms with van der Waals surface area (Å²) in [5.74, 6) is 0.599. The molecule has 1 heterocycles. The molecule has 1 saturated carbocycles. The van der Waals surface area contributed by atoms with E-state index in [9.17, 15) is 5.11 Å². The summed E-state index contributed by atoms with van der Waals surface area (Å²) in [6.45, 7) is 8.05. The normalized spacial score (nSPS) is 24.6. The van der Waals surface area contributed by atoms with E-state index in [0.717, 1.165) is 38.0 Å². The molecule has 2 rings (SSSR count). The molecule has 0 radical (unpaired) electrons. The smallest absolute Gasteiger partial charge is 0.0965 e. The first-order chi connectivity index (χ1) is 8.95. The molecule has 2 N–H and O–H groups in total. The van der Waals surface area contributed by atoms with Crippen LogP contribution in [0.5, 0.6) is 0 Å². The van der Waals surface area contributed by atoms with Crippen LogP contribution in [-0.2, 0) is 12.1 Å². The van der Waals surface area contributed by atoms with E-state index in [-0.39, 0.29) is 11.6 Å². The van der Waals surface area contributed by atoms with Crippen LogP contribution in [0.3, 0.4) is 0 Å². The Balaban J connectivity index is 1.75. The van der Waals surface area contributed by atoms with Gasteiger partial charge >= 0.3 is 0 Å². The second kappa shape index (κ2) is 6.01. The summed E-state index contributed by atoms with van der Waals surface area (Å²) < 4.78 is 1.90. The number of aliphatic hydroxyl groups is 1. The maximum absolute atomic E-state index is 9.64. The molecule has 5 nitrogen and oxygen atoms in total. The monoisotopic (exact) mass is 266 g/mol. The lowest BCUT2D eigenvalue weighted by Gasteiger charge is -2.25. The van der Waals surface area contributed by atoms with Gasteiger partial charge in [-0.15, -0.1) is 5.10 Å². The minimum atomic E-state index is -0.0951. The zero-order valence-corrected chi connectivity index (χ0v) is 12.3. The van der Waals surface area contributed by atoms with E-state index in [0.29, 0.717) is 5.92 Å². The van der Waals surface area contributed by atoms with Gasteiger partial charge in [0, 0.05) is 6.54 Å². The lowest BCUT2D eigenvalue weighted by Crippen LogP contribution is -2.29. The van der Waals surface area contributed by atoms with Crippen molar-refractivity contribution in [1.82, 2.24) is 20.3 Å². The largest absolute Gasteiger partial charge is 0.393 e. The third kappa shape index (κ3) is 4.28. The highest BCUT2D eigenvalue weighted by Crippen LogP contribution is 2.23. The quantitative estimate of drug-likeness (QED) is 0.870. The van der Waals surface area contributed by atoms with E-state index in [4.69, 9.17) is 0 Å². The molecule has 2 unspecified atom stereocenters. The third-order valence-corrected chi connectivity index (χ3v) is 3.72. The molecular formula is C14H26N4O. The van der Waals surface area contributed by atoms with E-state index in [1.165, 1.54) is 6.42 Å². The predicted molar refractivity (Wildman–Crippen MR) is 74.7 cm³/mol. The fraction of sp³-hybridized carbons (Fsp3) is 0.857. The Morgan fingerprint density at radius 3 is 2.84 bits per heavy atom. The van der Waals surface area contributed by atoms with Crippen molar-refractivity contribution in [3.05, 3.63) is 11.9 Å². The molecule has 0 bridgehead atoms. The zero-order chi connectivity index (χ0) is 13.9. The summed E-state index contributed by atoms with van der Waals surface area (Å²) >= 11 is 0. The van der Waals surface area contributed by atoms with Crippen LogP contribution in [-0.4, -0.2) is 32.7 Å². The molecule has 1 aliphatic rings. The molecule has 19 heavy (non-hydrogen) atoms. The average Bonchev–Trinajstić information content (AvgIpc) is 2.77. The van der Waals surface area contributed by atoms with Crippen LogP contribution in [0.25, 0.3) is 0 Å². The van der Waals surface area contributed by atoms with Crippen molar-refractivity contribution in [3.8, 4) is 0 Å². The highest BCUT2D eigenvalue weighted by Gasteiger charge is 2.20. The molecule has 2 atom stereocenters. The van der Waals surface area contributed by atoms with Crippen LogP contribution >= 0.6 is 0 Å². The molecule has 0 amide bonds. The van der Waals surface area contributed by atoms with Gasteiger partial charge in [0.25, 0.3) is 0 Å².